The van der Waals surface area contributed by atoms with Gasteiger partial charge < -0.3 is 4.74 Å². The minimum absolute atomic E-state index is 0.0275. The topological polar surface area (TPSA) is 9.23 Å². The molecule has 0 bridgehead atoms. The van der Waals surface area contributed by atoms with E-state index in [1.165, 1.54) is 5.56 Å². The van der Waals surface area contributed by atoms with Crippen molar-refractivity contribution in [2.75, 3.05) is 7.11 Å². The van der Waals surface area contributed by atoms with E-state index in [1.54, 1.807) is 7.11 Å². The molecular weight excluding hydrogens is 220 g/mol. The first-order valence-corrected chi connectivity index (χ1v) is 6.05. The minimum atomic E-state index is 0.0275. The average Bonchev–Trinajstić information content (AvgIpc) is 2.35. The van der Waals surface area contributed by atoms with Crippen molar-refractivity contribution in [1.29, 1.82) is 0 Å². The van der Waals surface area contributed by atoms with Crippen molar-refractivity contribution in [2.24, 2.45) is 0 Å². The molecule has 0 unspecified atom stereocenters. The Bertz CT molecular complexity index is 624. The maximum absolute atomic E-state index is 5.62. The van der Waals surface area contributed by atoms with Gasteiger partial charge in [0.15, 0.2) is 0 Å². The van der Waals surface area contributed by atoms with E-state index in [0.29, 0.717) is 0 Å². The normalized spacial score (nSPS) is 11.3. The maximum Gasteiger partial charge on any atom is 0.119 e. The quantitative estimate of drug-likeness (QED) is 0.679. The van der Waals surface area contributed by atoms with E-state index in [0.717, 1.165) is 22.1 Å². The fourth-order valence-electron chi connectivity index (χ4n) is 2.23. The Kier molecular flexibility index (Phi) is 3.05. The van der Waals surface area contributed by atoms with Gasteiger partial charge in [-0.2, -0.15) is 0 Å². The molecule has 2 rings (SSSR count). The van der Waals surface area contributed by atoms with Gasteiger partial charge in [-0.25, -0.2) is 0 Å². The van der Waals surface area contributed by atoms with E-state index in [2.05, 4.69) is 38.8 Å². The first kappa shape index (κ1) is 12.5. The standard InChI is InChI=1S/C17H18O/c1-6-12-8-7-9-13-10-14(18-5)11-15(16(12)13)17(2,3)4/h1,7-11H,2-5H3. The number of fused-ring (bicyclic) bond motifs is 1. The summed E-state index contributed by atoms with van der Waals surface area (Å²) in [6.07, 6.45) is 5.62. The molecule has 0 radical (unpaired) electrons. The highest BCUT2D eigenvalue weighted by Crippen LogP contribution is 2.35. The van der Waals surface area contributed by atoms with Crippen LogP contribution >= 0.6 is 0 Å². The molecule has 0 saturated heterocycles. The average molecular weight is 238 g/mol. The highest BCUT2D eigenvalue weighted by Gasteiger charge is 2.19. The second-order valence-electron chi connectivity index (χ2n) is 5.47. The van der Waals surface area contributed by atoms with E-state index in [4.69, 9.17) is 11.2 Å². The molecule has 1 heteroatoms. The third-order valence-electron chi connectivity index (χ3n) is 3.15. The molecule has 0 aromatic heterocycles. The fourth-order valence-corrected chi connectivity index (χ4v) is 2.23. The van der Waals surface area contributed by atoms with Gasteiger partial charge in [0.05, 0.1) is 7.11 Å². The highest BCUT2D eigenvalue weighted by atomic mass is 16.5. The van der Waals surface area contributed by atoms with Gasteiger partial charge in [0, 0.05) is 10.9 Å². The van der Waals surface area contributed by atoms with E-state index in [9.17, 15) is 0 Å². The first-order valence-electron chi connectivity index (χ1n) is 6.05. The lowest BCUT2D eigenvalue weighted by molar-refractivity contribution is 0.413. The van der Waals surface area contributed by atoms with Gasteiger partial charge in [-0.3, -0.25) is 0 Å². The number of benzene rings is 2. The minimum Gasteiger partial charge on any atom is -0.497 e. The molecule has 2 aromatic rings. The van der Waals surface area contributed by atoms with E-state index in [-0.39, 0.29) is 5.41 Å². The number of ether oxygens (including phenoxy) is 1. The molecule has 0 aliphatic rings. The number of rotatable bonds is 1. The van der Waals surface area contributed by atoms with Crippen molar-refractivity contribution < 1.29 is 4.74 Å². The lowest BCUT2D eigenvalue weighted by Crippen LogP contribution is -2.12. The molecule has 0 fully saturated rings. The molecule has 1 nitrogen and oxygen atoms in total. The molecule has 18 heavy (non-hydrogen) atoms. The zero-order valence-electron chi connectivity index (χ0n) is 11.4. The molecule has 0 N–H and O–H groups in total. The van der Waals surface area contributed by atoms with Crippen molar-refractivity contribution in [3.8, 4) is 18.1 Å². The lowest BCUT2D eigenvalue weighted by Gasteiger charge is -2.23. The number of terminal acetylenes is 1. The highest BCUT2D eigenvalue weighted by molar-refractivity contribution is 5.93. The van der Waals surface area contributed by atoms with Crippen LogP contribution in [0.15, 0.2) is 30.3 Å². The molecule has 0 heterocycles. The van der Waals surface area contributed by atoms with Gasteiger partial charge in [-0.1, -0.05) is 38.8 Å². The predicted octanol–water partition coefficient (Wildman–Crippen LogP) is 4.13. The number of methoxy groups -OCH3 is 1. The van der Waals surface area contributed by atoms with Crippen LogP contribution in [0.25, 0.3) is 10.8 Å². The third-order valence-corrected chi connectivity index (χ3v) is 3.15. The molecule has 0 amide bonds. The summed E-state index contributed by atoms with van der Waals surface area (Å²) in [4.78, 5) is 0. The van der Waals surface area contributed by atoms with Gasteiger partial charge in [0.1, 0.15) is 5.75 Å². The van der Waals surface area contributed by atoms with E-state index < -0.39 is 0 Å². The van der Waals surface area contributed by atoms with Crippen LogP contribution in [0.5, 0.6) is 5.75 Å². The molecule has 0 atom stereocenters. The maximum atomic E-state index is 5.62. The summed E-state index contributed by atoms with van der Waals surface area (Å²) < 4.78 is 5.38. The molecule has 0 spiro atoms. The zero-order valence-corrected chi connectivity index (χ0v) is 11.4. The summed E-state index contributed by atoms with van der Waals surface area (Å²) in [6.45, 7) is 6.57. The second-order valence-corrected chi connectivity index (χ2v) is 5.47. The monoisotopic (exact) mass is 238 g/mol. The van der Waals surface area contributed by atoms with Crippen LogP contribution in [0.3, 0.4) is 0 Å². The predicted molar refractivity (Wildman–Crippen MR) is 77.1 cm³/mol. The molecular formula is C17H18O. The third kappa shape index (κ3) is 2.07. The Labute approximate surface area is 109 Å². The molecule has 0 aliphatic heterocycles. The lowest BCUT2D eigenvalue weighted by atomic mass is 9.82. The smallest absolute Gasteiger partial charge is 0.119 e. The van der Waals surface area contributed by atoms with Crippen LogP contribution in [0.4, 0.5) is 0 Å². The van der Waals surface area contributed by atoms with Crippen molar-refractivity contribution >= 4 is 10.8 Å². The van der Waals surface area contributed by atoms with E-state index >= 15 is 0 Å². The second kappa shape index (κ2) is 4.38. The Hall–Kier alpha value is -1.94. The van der Waals surface area contributed by atoms with Crippen molar-refractivity contribution in [3.63, 3.8) is 0 Å². The van der Waals surface area contributed by atoms with Gasteiger partial charge in [0.2, 0.25) is 0 Å². The van der Waals surface area contributed by atoms with Crippen LogP contribution in [0, 0.1) is 12.3 Å². The van der Waals surface area contributed by atoms with Gasteiger partial charge in [-0.15, -0.1) is 6.42 Å². The van der Waals surface area contributed by atoms with Crippen molar-refractivity contribution in [3.05, 3.63) is 41.5 Å². The fraction of sp³-hybridized carbons (Fsp3) is 0.294. The molecule has 2 aromatic carbocycles. The Balaban J connectivity index is 2.92. The van der Waals surface area contributed by atoms with Crippen LogP contribution in [0.2, 0.25) is 0 Å². The van der Waals surface area contributed by atoms with Gasteiger partial charge >= 0.3 is 0 Å². The number of hydrogen-bond donors (Lipinski definition) is 0. The Morgan fingerprint density at radius 2 is 1.89 bits per heavy atom. The van der Waals surface area contributed by atoms with Gasteiger partial charge in [0.25, 0.3) is 0 Å². The summed E-state index contributed by atoms with van der Waals surface area (Å²) in [5, 5.41) is 2.29. The molecule has 92 valence electrons. The SMILES string of the molecule is C#Cc1cccc2cc(OC)cc(C(C)(C)C)c12. The summed E-state index contributed by atoms with van der Waals surface area (Å²) >= 11 is 0. The summed E-state index contributed by atoms with van der Waals surface area (Å²) in [6, 6.07) is 10.2. The van der Waals surface area contributed by atoms with Crippen LogP contribution in [0.1, 0.15) is 31.9 Å². The van der Waals surface area contributed by atoms with Crippen LogP contribution in [-0.2, 0) is 5.41 Å². The summed E-state index contributed by atoms with van der Waals surface area (Å²) in [5.41, 5.74) is 2.20. The van der Waals surface area contributed by atoms with Gasteiger partial charge in [-0.05, 0) is 34.6 Å². The van der Waals surface area contributed by atoms with E-state index in [1.807, 2.05) is 18.2 Å². The van der Waals surface area contributed by atoms with Crippen LogP contribution in [-0.4, -0.2) is 7.11 Å². The Morgan fingerprint density at radius 3 is 2.44 bits per heavy atom. The number of hydrogen-bond acceptors (Lipinski definition) is 1. The zero-order chi connectivity index (χ0) is 13.3. The van der Waals surface area contributed by atoms with Crippen molar-refractivity contribution in [1.82, 2.24) is 0 Å². The van der Waals surface area contributed by atoms with Crippen LogP contribution < -0.4 is 4.74 Å². The largest absolute Gasteiger partial charge is 0.497 e. The first-order chi connectivity index (χ1) is 8.47. The van der Waals surface area contributed by atoms with Crippen molar-refractivity contribution in [2.45, 2.75) is 26.2 Å². The summed E-state index contributed by atoms with van der Waals surface area (Å²) in [5.74, 6) is 3.66. The molecule has 0 saturated carbocycles. The summed E-state index contributed by atoms with van der Waals surface area (Å²) in [7, 11) is 1.69. The Morgan fingerprint density at radius 1 is 1.17 bits per heavy atom. The molecule has 0 aliphatic carbocycles.